The smallest absolute Gasteiger partial charge is 0.292 e. The van der Waals surface area contributed by atoms with Gasteiger partial charge in [-0.25, -0.2) is 4.98 Å². The average molecular weight is 363 g/mol. The SMILES string of the molecule is Nc1nc2cc(-c3ccc4ncc(C(=O)N5CCC(O)C5)n4c3)ccc2o1. The Labute approximate surface area is 153 Å². The number of anilines is 1. The van der Waals surface area contributed by atoms with E-state index in [1.807, 2.05) is 36.5 Å². The Morgan fingerprint density at radius 1 is 1.26 bits per heavy atom. The Kier molecular flexibility index (Phi) is 3.41. The number of hydrogen-bond acceptors (Lipinski definition) is 6. The summed E-state index contributed by atoms with van der Waals surface area (Å²) in [6.07, 6.45) is 3.61. The lowest BCUT2D eigenvalue weighted by atomic mass is 10.1. The van der Waals surface area contributed by atoms with Crippen LogP contribution in [-0.4, -0.2) is 49.5 Å². The van der Waals surface area contributed by atoms with Crippen LogP contribution in [0.15, 0.2) is 47.1 Å². The molecule has 27 heavy (non-hydrogen) atoms. The van der Waals surface area contributed by atoms with Crippen molar-refractivity contribution in [2.75, 3.05) is 18.8 Å². The van der Waals surface area contributed by atoms with Crippen LogP contribution in [0.1, 0.15) is 16.9 Å². The number of carbonyl (C=O) groups is 1. The summed E-state index contributed by atoms with van der Waals surface area (Å²) >= 11 is 0. The van der Waals surface area contributed by atoms with E-state index in [0.717, 1.165) is 11.1 Å². The van der Waals surface area contributed by atoms with Gasteiger partial charge in [0.2, 0.25) is 0 Å². The molecule has 1 aliphatic rings. The van der Waals surface area contributed by atoms with Crippen LogP contribution in [0.5, 0.6) is 0 Å². The van der Waals surface area contributed by atoms with Crippen molar-refractivity contribution in [2.24, 2.45) is 0 Å². The first kappa shape index (κ1) is 15.8. The minimum atomic E-state index is -0.453. The van der Waals surface area contributed by atoms with Gasteiger partial charge in [0.15, 0.2) is 5.58 Å². The van der Waals surface area contributed by atoms with Crippen molar-refractivity contribution in [2.45, 2.75) is 12.5 Å². The molecule has 0 bridgehead atoms. The minimum Gasteiger partial charge on any atom is -0.424 e. The number of fused-ring (bicyclic) bond motifs is 2. The van der Waals surface area contributed by atoms with Crippen molar-refractivity contribution in [1.82, 2.24) is 19.3 Å². The number of amides is 1. The second kappa shape index (κ2) is 5.82. The van der Waals surface area contributed by atoms with Gasteiger partial charge in [0.05, 0.1) is 12.3 Å². The van der Waals surface area contributed by atoms with Crippen LogP contribution in [0.3, 0.4) is 0 Å². The van der Waals surface area contributed by atoms with Crippen LogP contribution in [-0.2, 0) is 0 Å². The lowest BCUT2D eigenvalue weighted by Crippen LogP contribution is -2.30. The van der Waals surface area contributed by atoms with Gasteiger partial charge in [0.1, 0.15) is 16.9 Å². The molecule has 4 heterocycles. The number of benzene rings is 1. The van der Waals surface area contributed by atoms with Crippen LogP contribution >= 0.6 is 0 Å². The van der Waals surface area contributed by atoms with Gasteiger partial charge < -0.3 is 20.2 Å². The first-order chi connectivity index (χ1) is 13.1. The Morgan fingerprint density at radius 3 is 2.93 bits per heavy atom. The Morgan fingerprint density at radius 2 is 2.11 bits per heavy atom. The fraction of sp³-hybridized carbons (Fsp3) is 0.211. The number of likely N-dealkylation sites (tertiary alicyclic amines) is 1. The monoisotopic (exact) mass is 363 g/mol. The molecule has 1 unspecified atom stereocenters. The van der Waals surface area contributed by atoms with Crippen LogP contribution in [0.25, 0.3) is 27.9 Å². The van der Waals surface area contributed by atoms with Crippen molar-refractivity contribution in [3.8, 4) is 11.1 Å². The minimum absolute atomic E-state index is 0.129. The number of aliphatic hydroxyl groups is 1. The van der Waals surface area contributed by atoms with Crippen LogP contribution in [0.2, 0.25) is 0 Å². The summed E-state index contributed by atoms with van der Waals surface area (Å²) < 4.78 is 7.10. The molecule has 8 nitrogen and oxygen atoms in total. The quantitative estimate of drug-likeness (QED) is 0.563. The zero-order chi connectivity index (χ0) is 18.5. The van der Waals surface area contributed by atoms with Crippen molar-refractivity contribution < 1.29 is 14.3 Å². The molecule has 0 radical (unpaired) electrons. The lowest BCUT2D eigenvalue weighted by Gasteiger charge is -2.15. The summed E-state index contributed by atoms with van der Waals surface area (Å²) in [5.74, 6) is -0.129. The van der Waals surface area contributed by atoms with Gasteiger partial charge in [0.25, 0.3) is 11.9 Å². The van der Waals surface area contributed by atoms with Crippen LogP contribution < -0.4 is 5.73 Å². The Bertz CT molecular complexity index is 1180. The summed E-state index contributed by atoms with van der Waals surface area (Å²) in [6.45, 7) is 0.910. The number of aliphatic hydroxyl groups excluding tert-OH is 1. The molecule has 8 heteroatoms. The summed E-state index contributed by atoms with van der Waals surface area (Å²) in [5.41, 5.74) is 9.94. The van der Waals surface area contributed by atoms with Crippen LogP contribution in [0.4, 0.5) is 6.01 Å². The van der Waals surface area contributed by atoms with E-state index < -0.39 is 6.10 Å². The summed E-state index contributed by atoms with van der Waals surface area (Å²) in [5, 5.41) is 9.70. The Balaban J connectivity index is 1.56. The van der Waals surface area contributed by atoms with Gasteiger partial charge in [-0.15, -0.1) is 0 Å². The van der Waals surface area contributed by atoms with Crippen molar-refractivity contribution in [3.63, 3.8) is 0 Å². The summed E-state index contributed by atoms with van der Waals surface area (Å²) in [7, 11) is 0. The molecule has 136 valence electrons. The number of hydrogen-bond donors (Lipinski definition) is 2. The second-order valence-electron chi connectivity index (χ2n) is 6.72. The largest absolute Gasteiger partial charge is 0.424 e. The molecular weight excluding hydrogens is 346 g/mol. The average Bonchev–Trinajstić information content (AvgIpc) is 3.36. The molecule has 1 atom stereocenters. The normalized spacial score (nSPS) is 17.2. The number of carbonyl (C=O) groups excluding carboxylic acids is 1. The number of nitrogen functional groups attached to an aromatic ring is 1. The van der Waals surface area contributed by atoms with E-state index in [0.29, 0.717) is 42.0 Å². The molecule has 4 aromatic rings. The molecule has 0 aliphatic carbocycles. The van der Waals surface area contributed by atoms with Gasteiger partial charge in [0, 0.05) is 19.3 Å². The third kappa shape index (κ3) is 2.61. The van der Waals surface area contributed by atoms with Crippen molar-refractivity contribution in [3.05, 3.63) is 48.4 Å². The molecule has 1 saturated heterocycles. The van der Waals surface area contributed by atoms with E-state index in [2.05, 4.69) is 9.97 Å². The van der Waals surface area contributed by atoms with Crippen LogP contribution in [0, 0.1) is 0 Å². The fourth-order valence-corrected chi connectivity index (χ4v) is 3.52. The first-order valence-corrected chi connectivity index (χ1v) is 8.69. The second-order valence-corrected chi connectivity index (χ2v) is 6.72. The molecule has 0 spiro atoms. The van der Waals surface area contributed by atoms with Gasteiger partial charge in [-0.2, -0.15) is 4.98 Å². The summed E-state index contributed by atoms with van der Waals surface area (Å²) in [4.78, 5) is 23.0. The maximum Gasteiger partial charge on any atom is 0.292 e. The van der Waals surface area contributed by atoms with E-state index in [-0.39, 0.29) is 11.9 Å². The zero-order valence-corrected chi connectivity index (χ0v) is 14.4. The number of pyridine rings is 1. The number of nitrogens with zero attached hydrogens (tertiary/aromatic N) is 4. The predicted molar refractivity (Wildman–Crippen MR) is 99.1 cm³/mol. The van der Waals surface area contributed by atoms with Gasteiger partial charge in [-0.3, -0.25) is 9.20 Å². The zero-order valence-electron chi connectivity index (χ0n) is 14.4. The lowest BCUT2D eigenvalue weighted by molar-refractivity contribution is 0.0758. The molecule has 1 aliphatic heterocycles. The molecule has 0 saturated carbocycles. The highest BCUT2D eigenvalue weighted by atomic mass is 16.4. The third-order valence-electron chi connectivity index (χ3n) is 4.91. The maximum atomic E-state index is 12.8. The number of β-amino-alcohol motifs (C(OH)–C–C–N with tert-alkyl or cyclic N) is 1. The highest BCUT2D eigenvalue weighted by Crippen LogP contribution is 2.26. The standard InChI is InChI=1S/C19H17N5O3/c20-19-22-14-7-11(1-3-16(14)27-19)12-2-4-17-21-8-15(24(17)9-12)18(26)23-6-5-13(25)10-23/h1-4,7-9,13,25H,5-6,10H2,(H2,20,22). The predicted octanol–water partition coefficient (Wildman–Crippen LogP) is 1.93. The van der Waals surface area contributed by atoms with E-state index >= 15 is 0 Å². The van der Waals surface area contributed by atoms with E-state index in [9.17, 15) is 9.90 Å². The maximum absolute atomic E-state index is 12.8. The molecule has 1 fully saturated rings. The Hall–Kier alpha value is -3.39. The first-order valence-electron chi connectivity index (χ1n) is 8.69. The number of aromatic nitrogens is 3. The molecule has 1 aromatic carbocycles. The molecular formula is C19H17N5O3. The summed E-state index contributed by atoms with van der Waals surface area (Å²) in [6, 6.07) is 9.58. The molecule has 3 N–H and O–H groups in total. The van der Waals surface area contributed by atoms with E-state index in [1.54, 1.807) is 15.5 Å². The number of oxazole rings is 1. The number of rotatable bonds is 2. The van der Waals surface area contributed by atoms with E-state index in [4.69, 9.17) is 10.2 Å². The van der Waals surface area contributed by atoms with E-state index in [1.165, 1.54) is 0 Å². The topological polar surface area (TPSA) is 110 Å². The third-order valence-corrected chi connectivity index (χ3v) is 4.91. The highest BCUT2D eigenvalue weighted by molar-refractivity contribution is 5.93. The van der Waals surface area contributed by atoms with Gasteiger partial charge >= 0.3 is 0 Å². The highest BCUT2D eigenvalue weighted by Gasteiger charge is 2.27. The molecule has 3 aromatic heterocycles. The van der Waals surface area contributed by atoms with Gasteiger partial charge in [-0.1, -0.05) is 6.07 Å². The van der Waals surface area contributed by atoms with Gasteiger partial charge in [-0.05, 0) is 41.8 Å². The molecule has 1 amide bonds. The fourth-order valence-electron chi connectivity index (χ4n) is 3.52. The molecule has 5 rings (SSSR count). The van der Waals surface area contributed by atoms with Crippen molar-refractivity contribution in [1.29, 1.82) is 0 Å². The number of nitrogens with two attached hydrogens (primary N) is 1. The van der Waals surface area contributed by atoms with Crippen molar-refractivity contribution >= 4 is 28.7 Å². The number of imidazole rings is 1.